The van der Waals surface area contributed by atoms with E-state index in [1.165, 1.54) is 11.6 Å². The van der Waals surface area contributed by atoms with Crippen LogP contribution in [-0.4, -0.2) is 51.2 Å². The average molecular weight is 635 g/mol. The number of allylic oxidation sites excluding steroid dienone is 2. The molecule has 1 aromatic carbocycles. The molecule has 7 nitrogen and oxygen atoms in total. The van der Waals surface area contributed by atoms with Crippen LogP contribution in [0.15, 0.2) is 42.0 Å². The number of phenols is 1. The number of carboxylic acid groups (broad SMARTS) is 1. The highest BCUT2D eigenvalue weighted by molar-refractivity contribution is 5.87. The molecule has 5 aliphatic carbocycles. The minimum atomic E-state index is -0.935. The maximum absolute atomic E-state index is 13.1. The maximum Gasteiger partial charge on any atom is 0.331 e. The molecule has 1 aromatic rings. The number of phenolic OH excluding ortho intramolecular Hbond substituents is 1. The highest BCUT2D eigenvalue weighted by atomic mass is 16.6. The summed E-state index contributed by atoms with van der Waals surface area (Å²) in [5.41, 5.74) is 0.128. The van der Waals surface area contributed by atoms with Gasteiger partial charge in [-0.15, -0.1) is 0 Å². The predicted molar refractivity (Wildman–Crippen MR) is 176 cm³/mol. The molecule has 7 heteroatoms. The normalized spacial score (nSPS) is 44.6. The topological polar surface area (TPSA) is 124 Å². The lowest BCUT2D eigenvalue weighted by molar-refractivity contribution is -0.249. The number of carbonyl (C=O) groups is 2. The monoisotopic (exact) mass is 634 g/mol. The van der Waals surface area contributed by atoms with Crippen molar-refractivity contribution in [1.82, 2.24) is 0 Å². The molecular weight excluding hydrogens is 580 g/mol. The summed E-state index contributed by atoms with van der Waals surface area (Å²) in [4.78, 5) is 26.0. The van der Waals surface area contributed by atoms with E-state index in [9.17, 15) is 30.0 Å². The summed E-state index contributed by atoms with van der Waals surface area (Å²) in [7, 11) is 0. The fourth-order valence-electron chi connectivity index (χ4n) is 11.9. The lowest BCUT2D eigenvalue weighted by Gasteiger charge is -2.71. The molecule has 0 aliphatic heterocycles. The number of hydrogen-bond acceptors (Lipinski definition) is 6. The van der Waals surface area contributed by atoms with Crippen molar-refractivity contribution in [2.75, 3.05) is 6.61 Å². The predicted octanol–water partition coefficient (Wildman–Crippen LogP) is 7.15. The number of aromatic hydroxyl groups is 1. The van der Waals surface area contributed by atoms with E-state index in [0.717, 1.165) is 50.5 Å². The second-order valence-electron chi connectivity index (χ2n) is 17.4. The Morgan fingerprint density at radius 2 is 1.61 bits per heavy atom. The van der Waals surface area contributed by atoms with Crippen LogP contribution in [0.3, 0.4) is 0 Å². The fraction of sp³-hybridized carbons (Fsp3) is 0.692. The number of benzene rings is 1. The molecule has 0 bridgehead atoms. The second kappa shape index (κ2) is 10.9. The van der Waals surface area contributed by atoms with E-state index in [2.05, 4.69) is 40.7 Å². The number of aliphatic hydroxyl groups is 2. The van der Waals surface area contributed by atoms with Crippen LogP contribution in [0.4, 0.5) is 0 Å². The molecule has 0 heterocycles. The Hall–Kier alpha value is -2.64. The number of ether oxygens (including phenoxy) is 1. The third-order valence-electron chi connectivity index (χ3n) is 14.7. The standard InChI is InChI=1S/C39H54O7/c1-34(2)17-19-39(33(44)45)20-18-37(5)26(27(39)21-34)12-13-30-35(3)22-28(42)32(36(4,23-40)29(35)15-16-38(30,37)6)46-31(43)14-9-24-7-10-25(41)11-8-24/h7-12,14,27-30,32,40-42H,13,15-23H2,1-6H3,(H,44,45)/b14-9-/t27-,28+,29+,30+,32-,35-,36-,37+,38+,39-/m0/s1. The molecule has 0 radical (unpaired) electrons. The zero-order valence-corrected chi connectivity index (χ0v) is 28.5. The van der Waals surface area contributed by atoms with Crippen LogP contribution in [0.25, 0.3) is 6.08 Å². The van der Waals surface area contributed by atoms with Crippen LogP contribution in [0, 0.1) is 50.2 Å². The largest absolute Gasteiger partial charge is 0.508 e. The lowest BCUT2D eigenvalue weighted by atomic mass is 9.33. The summed E-state index contributed by atoms with van der Waals surface area (Å²) in [5.74, 6) is -0.769. The molecule has 4 saturated carbocycles. The van der Waals surface area contributed by atoms with Gasteiger partial charge >= 0.3 is 11.9 Å². The van der Waals surface area contributed by atoms with Gasteiger partial charge in [-0.25, -0.2) is 4.79 Å². The van der Waals surface area contributed by atoms with Gasteiger partial charge in [0.2, 0.25) is 0 Å². The van der Waals surface area contributed by atoms with Crippen molar-refractivity contribution in [3.05, 3.63) is 47.6 Å². The Morgan fingerprint density at radius 1 is 0.935 bits per heavy atom. The third kappa shape index (κ3) is 4.73. The molecule has 0 saturated heterocycles. The first kappa shape index (κ1) is 33.3. The van der Waals surface area contributed by atoms with E-state index in [-0.39, 0.29) is 51.8 Å². The van der Waals surface area contributed by atoms with Gasteiger partial charge in [-0.3, -0.25) is 4.79 Å². The van der Waals surface area contributed by atoms with Crippen LogP contribution in [0.5, 0.6) is 5.75 Å². The van der Waals surface area contributed by atoms with Crippen molar-refractivity contribution < 1.29 is 34.8 Å². The molecular formula is C39H54O7. The zero-order chi connectivity index (χ0) is 33.5. The van der Waals surface area contributed by atoms with Crippen molar-refractivity contribution in [3.8, 4) is 5.75 Å². The number of rotatable bonds is 5. The number of carbonyl (C=O) groups excluding carboxylic acids is 1. The molecule has 46 heavy (non-hydrogen) atoms. The van der Waals surface area contributed by atoms with E-state index in [1.54, 1.807) is 30.3 Å². The molecule has 10 atom stereocenters. The summed E-state index contributed by atoms with van der Waals surface area (Å²) < 4.78 is 5.98. The van der Waals surface area contributed by atoms with Gasteiger partial charge in [0.05, 0.1) is 18.1 Å². The minimum absolute atomic E-state index is 0.0271. The highest BCUT2D eigenvalue weighted by Gasteiger charge is 2.71. The van der Waals surface area contributed by atoms with Gasteiger partial charge in [0.1, 0.15) is 11.9 Å². The van der Waals surface area contributed by atoms with E-state index >= 15 is 0 Å². The van der Waals surface area contributed by atoms with Crippen molar-refractivity contribution >= 4 is 18.0 Å². The minimum Gasteiger partial charge on any atom is -0.508 e. The number of aliphatic hydroxyl groups excluding tert-OH is 2. The Kier molecular flexibility index (Phi) is 7.92. The summed E-state index contributed by atoms with van der Waals surface area (Å²) in [5, 5.41) is 42.9. The van der Waals surface area contributed by atoms with Gasteiger partial charge in [-0.05, 0) is 121 Å². The van der Waals surface area contributed by atoms with Crippen molar-refractivity contribution in [2.24, 2.45) is 50.2 Å². The number of fused-ring (bicyclic) bond motifs is 7. The first-order valence-corrected chi connectivity index (χ1v) is 17.4. The Balaban J connectivity index is 1.31. The fourth-order valence-corrected chi connectivity index (χ4v) is 11.9. The first-order valence-electron chi connectivity index (χ1n) is 17.4. The SMILES string of the molecule is CC1(C)CC[C@]2(C(=O)O)CC[C@]3(C)C(=CC[C@@H]4[C@@]5(C)C[C@@H](O)[C@H](OC(=O)/C=C\c6ccc(O)cc6)[C@@](C)(CO)[C@@H]5CC[C@]43C)[C@@H]2C1. The quantitative estimate of drug-likeness (QED) is 0.154. The van der Waals surface area contributed by atoms with Crippen LogP contribution in [0.1, 0.15) is 105 Å². The molecule has 4 N–H and O–H groups in total. The molecule has 6 rings (SSSR count). The van der Waals surface area contributed by atoms with Crippen LogP contribution >= 0.6 is 0 Å². The van der Waals surface area contributed by atoms with Gasteiger partial charge in [-0.1, -0.05) is 65.3 Å². The molecule has 0 aromatic heterocycles. The highest BCUT2D eigenvalue weighted by Crippen LogP contribution is 2.75. The number of esters is 1. The van der Waals surface area contributed by atoms with Gasteiger partial charge in [0.15, 0.2) is 0 Å². The Bertz CT molecular complexity index is 1440. The maximum atomic E-state index is 13.1. The molecule has 252 valence electrons. The lowest BCUT2D eigenvalue weighted by Crippen LogP contribution is -2.68. The number of aliphatic carboxylic acids is 1. The number of carboxylic acids is 1. The Morgan fingerprint density at radius 3 is 2.26 bits per heavy atom. The van der Waals surface area contributed by atoms with E-state index in [1.807, 2.05) is 6.92 Å². The zero-order valence-electron chi connectivity index (χ0n) is 28.5. The number of hydrogen-bond donors (Lipinski definition) is 4. The van der Waals surface area contributed by atoms with E-state index in [4.69, 9.17) is 4.74 Å². The van der Waals surface area contributed by atoms with Crippen LogP contribution in [0.2, 0.25) is 0 Å². The smallest absolute Gasteiger partial charge is 0.331 e. The molecule has 0 amide bonds. The summed E-state index contributed by atoms with van der Waals surface area (Å²) in [6, 6.07) is 6.49. The van der Waals surface area contributed by atoms with Gasteiger partial charge in [0.25, 0.3) is 0 Å². The molecule has 0 unspecified atom stereocenters. The van der Waals surface area contributed by atoms with Crippen molar-refractivity contribution in [1.29, 1.82) is 0 Å². The summed E-state index contributed by atoms with van der Waals surface area (Å²) in [6.45, 7) is 13.5. The van der Waals surface area contributed by atoms with Gasteiger partial charge in [0, 0.05) is 11.5 Å². The van der Waals surface area contributed by atoms with Crippen molar-refractivity contribution in [2.45, 2.75) is 112 Å². The second-order valence-corrected chi connectivity index (χ2v) is 17.4. The van der Waals surface area contributed by atoms with Gasteiger partial charge < -0.3 is 25.2 Å². The summed E-state index contributed by atoms with van der Waals surface area (Å²) >= 11 is 0. The Labute approximate surface area is 274 Å². The van der Waals surface area contributed by atoms with E-state index in [0.29, 0.717) is 12.8 Å². The molecule has 4 fully saturated rings. The molecule has 5 aliphatic rings. The van der Waals surface area contributed by atoms with Crippen LogP contribution in [-0.2, 0) is 14.3 Å². The summed E-state index contributed by atoms with van der Waals surface area (Å²) in [6.07, 6.45) is 10.8. The van der Waals surface area contributed by atoms with Crippen molar-refractivity contribution in [3.63, 3.8) is 0 Å². The molecule has 0 spiro atoms. The average Bonchev–Trinajstić information content (AvgIpc) is 2.98. The van der Waals surface area contributed by atoms with Crippen LogP contribution < -0.4 is 0 Å². The van der Waals surface area contributed by atoms with E-state index < -0.39 is 35.0 Å². The third-order valence-corrected chi connectivity index (χ3v) is 14.7. The first-order chi connectivity index (χ1) is 21.5. The van der Waals surface area contributed by atoms with Gasteiger partial charge in [-0.2, -0.15) is 0 Å².